The van der Waals surface area contributed by atoms with E-state index < -0.39 is 5.92 Å². The van der Waals surface area contributed by atoms with E-state index in [0.717, 1.165) is 30.4 Å². The predicted octanol–water partition coefficient (Wildman–Crippen LogP) is 7.76. The van der Waals surface area contributed by atoms with Crippen LogP contribution in [0.3, 0.4) is 0 Å². The van der Waals surface area contributed by atoms with E-state index >= 15 is 0 Å². The van der Waals surface area contributed by atoms with Gasteiger partial charge in [-0.05, 0) is 36.0 Å². The number of rotatable bonds is 10. The molecule has 0 radical (unpaired) electrons. The molecule has 0 bridgehead atoms. The summed E-state index contributed by atoms with van der Waals surface area (Å²) in [5.41, 5.74) is 3.55. The molecule has 25 heavy (non-hydrogen) atoms. The van der Waals surface area contributed by atoms with Crippen LogP contribution in [0.2, 0.25) is 0 Å². The first kappa shape index (κ1) is 19.6. The third-order valence-corrected chi connectivity index (χ3v) is 4.76. The fraction of sp³-hybridized carbons (Fsp3) is 0.478. The Morgan fingerprint density at radius 2 is 1.20 bits per heavy atom. The maximum Gasteiger partial charge on any atom is 0.273 e. The standard InChI is InChI=1S/C23H30F2/c1-3-5-7-9-19-10-12-20(13-11-19)21-14-16-22(17-15-21)23(24,25)18-8-6-4-2/h10-17H,3-9,18H2,1-2H3. The topological polar surface area (TPSA) is 0 Å². The van der Waals surface area contributed by atoms with E-state index in [-0.39, 0.29) is 12.0 Å². The van der Waals surface area contributed by atoms with Gasteiger partial charge >= 0.3 is 0 Å². The monoisotopic (exact) mass is 344 g/mol. The number of aryl methyl sites for hydroxylation is 1. The molecule has 0 aromatic heterocycles. The predicted molar refractivity (Wildman–Crippen MR) is 103 cm³/mol. The molecule has 0 aliphatic rings. The molecule has 0 spiro atoms. The lowest BCUT2D eigenvalue weighted by Gasteiger charge is -2.17. The molecule has 2 heteroatoms. The number of unbranched alkanes of at least 4 members (excludes halogenated alkanes) is 4. The third kappa shape index (κ3) is 5.95. The lowest BCUT2D eigenvalue weighted by Crippen LogP contribution is -2.12. The normalized spacial score (nSPS) is 11.7. The Hall–Kier alpha value is -1.70. The smallest absolute Gasteiger partial charge is 0.201 e. The Morgan fingerprint density at radius 3 is 1.76 bits per heavy atom. The molecule has 0 amide bonds. The highest BCUT2D eigenvalue weighted by atomic mass is 19.3. The Morgan fingerprint density at radius 1 is 0.680 bits per heavy atom. The van der Waals surface area contributed by atoms with Crippen LogP contribution in [0.5, 0.6) is 0 Å². The summed E-state index contributed by atoms with van der Waals surface area (Å²) in [5.74, 6) is -2.73. The molecule has 0 saturated heterocycles. The van der Waals surface area contributed by atoms with E-state index in [1.165, 1.54) is 24.8 Å². The van der Waals surface area contributed by atoms with Crippen LogP contribution in [0.15, 0.2) is 48.5 Å². The van der Waals surface area contributed by atoms with Crippen molar-refractivity contribution in [3.05, 3.63) is 59.7 Å². The molecule has 2 rings (SSSR count). The van der Waals surface area contributed by atoms with Crippen LogP contribution in [0.1, 0.15) is 69.9 Å². The van der Waals surface area contributed by atoms with Crippen LogP contribution in [0, 0.1) is 0 Å². The van der Waals surface area contributed by atoms with Gasteiger partial charge in [0.2, 0.25) is 0 Å². The maximum atomic E-state index is 14.2. The average Bonchev–Trinajstić information content (AvgIpc) is 2.63. The SMILES string of the molecule is CCCCCc1ccc(-c2ccc(C(F)(F)CCCCC)cc2)cc1. The van der Waals surface area contributed by atoms with E-state index in [9.17, 15) is 8.78 Å². The minimum atomic E-state index is -2.73. The van der Waals surface area contributed by atoms with Crippen molar-refractivity contribution in [1.29, 1.82) is 0 Å². The van der Waals surface area contributed by atoms with Gasteiger partial charge in [-0.15, -0.1) is 0 Å². The van der Waals surface area contributed by atoms with Crippen molar-refractivity contribution >= 4 is 0 Å². The molecular weight excluding hydrogens is 314 g/mol. The fourth-order valence-electron chi connectivity index (χ4n) is 3.09. The Kier molecular flexibility index (Phi) is 7.61. The number of hydrogen-bond acceptors (Lipinski definition) is 0. The molecule has 0 heterocycles. The van der Waals surface area contributed by atoms with Gasteiger partial charge in [-0.3, -0.25) is 0 Å². The first-order valence-corrected chi connectivity index (χ1v) is 9.64. The van der Waals surface area contributed by atoms with Gasteiger partial charge in [0.25, 0.3) is 5.92 Å². The summed E-state index contributed by atoms with van der Waals surface area (Å²) in [6.45, 7) is 4.24. The molecule has 0 aliphatic carbocycles. The lowest BCUT2D eigenvalue weighted by atomic mass is 9.97. The fourth-order valence-corrected chi connectivity index (χ4v) is 3.09. The Bertz CT molecular complexity index is 612. The number of hydrogen-bond donors (Lipinski definition) is 0. The highest BCUT2D eigenvalue weighted by Gasteiger charge is 2.30. The molecule has 2 aromatic rings. The van der Waals surface area contributed by atoms with Gasteiger partial charge in [0.15, 0.2) is 0 Å². The van der Waals surface area contributed by atoms with Gasteiger partial charge in [0.05, 0.1) is 0 Å². The van der Waals surface area contributed by atoms with Crippen molar-refractivity contribution in [3.8, 4) is 11.1 Å². The molecule has 0 saturated carbocycles. The van der Waals surface area contributed by atoms with Crippen LogP contribution in [-0.2, 0) is 12.3 Å². The highest BCUT2D eigenvalue weighted by molar-refractivity contribution is 5.64. The average molecular weight is 344 g/mol. The highest BCUT2D eigenvalue weighted by Crippen LogP contribution is 2.34. The summed E-state index contributed by atoms with van der Waals surface area (Å²) < 4.78 is 28.4. The van der Waals surface area contributed by atoms with E-state index in [1.807, 2.05) is 19.1 Å². The summed E-state index contributed by atoms with van der Waals surface area (Å²) in [5, 5.41) is 0. The minimum Gasteiger partial charge on any atom is -0.201 e. The second kappa shape index (κ2) is 9.70. The van der Waals surface area contributed by atoms with Crippen LogP contribution in [0.25, 0.3) is 11.1 Å². The molecule has 0 nitrogen and oxygen atoms in total. The molecule has 0 atom stereocenters. The van der Waals surface area contributed by atoms with Crippen LogP contribution < -0.4 is 0 Å². The van der Waals surface area contributed by atoms with E-state index in [0.29, 0.717) is 6.42 Å². The molecule has 0 unspecified atom stereocenters. The number of alkyl halides is 2. The van der Waals surface area contributed by atoms with Crippen molar-refractivity contribution < 1.29 is 8.78 Å². The summed E-state index contributed by atoms with van der Waals surface area (Å²) in [6, 6.07) is 15.3. The van der Waals surface area contributed by atoms with Crippen molar-refractivity contribution in [2.75, 3.05) is 0 Å². The van der Waals surface area contributed by atoms with Crippen molar-refractivity contribution in [2.24, 2.45) is 0 Å². The minimum absolute atomic E-state index is 0.0629. The van der Waals surface area contributed by atoms with Gasteiger partial charge in [-0.25, -0.2) is 8.78 Å². The first-order chi connectivity index (χ1) is 12.1. The molecule has 0 N–H and O–H groups in total. The van der Waals surface area contributed by atoms with E-state index in [4.69, 9.17) is 0 Å². The van der Waals surface area contributed by atoms with Crippen molar-refractivity contribution in [1.82, 2.24) is 0 Å². The summed E-state index contributed by atoms with van der Waals surface area (Å²) in [6.07, 6.45) is 7.15. The molecular formula is C23H30F2. The second-order valence-corrected chi connectivity index (χ2v) is 6.89. The molecule has 136 valence electrons. The van der Waals surface area contributed by atoms with Gasteiger partial charge in [-0.1, -0.05) is 88.1 Å². The van der Waals surface area contributed by atoms with Crippen LogP contribution in [0.4, 0.5) is 8.78 Å². The van der Waals surface area contributed by atoms with Crippen LogP contribution >= 0.6 is 0 Å². The van der Waals surface area contributed by atoms with Crippen molar-refractivity contribution in [3.63, 3.8) is 0 Å². The zero-order chi connectivity index (χ0) is 18.1. The molecule has 0 aliphatic heterocycles. The summed E-state index contributed by atoms with van der Waals surface area (Å²) in [7, 11) is 0. The second-order valence-electron chi connectivity index (χ2n) is 6.89. The van der Waals surface area contributed by atoms with Crippen molar-refractivity contribution in [2.45, 2.75) is 71.1 Å². The zero-order valence-electron chi connectivity index (χ0n) is 15.5. The summed E-state index contributed by atoms with van der Waals surface area (Å²) in [4.78, 5) is 0. The van der Waals surface area contributed by atoms with Gasteiger partial charge in [0, 0.05) is 12.0 Å². The lowest BCUT2D eigenvalue weighted by molar-refractivity contribution is -0.0157. The molecule has 0 fully saturated rings. The quantitative estimate of drug-likeness (QED) is 0.386. The number of halogens is 2. The largest absolute Gasteiger partial charge is 0.273 e. The van der Waals surface area contributed by atoms with E-state index in [1.54, 1.807) is 12.1 Å². The number of benzene rings is 2. The van der Waals surface area contributed by atoms with Crippen LogP contribution in [-0.4, -0.2) is 0 Å². The molecule has 2 aromatic carbocycles. The summed E-state index contributed by atoms with van der Waals surface area (Å²) >= 11 is 0. The van der Waals surface area contributed by atoms with Gasteiger partial charge in [-0.2, -0.15) is 0 Å². The Balaban J connectivity index is 2.01. The Labute approximate surface area is 151 Å². The maximum absolute atomic E-state index is 14.2. The zero-order valence-corrected chi connectivity index (χ0v) is 15.5. The third-order valence-electron chi connectivity index (χ3n) is 4.76. The first-order valence-electron chi connectivity index (χ1n) is 9.64. The van der Waals surface area contributed by atoms with Gasteiger partial charge < -0.3 is 0 Å². The van der Waals surface area contributed by atoms with Gasteiger partial charge in [0.1, 0.15) is 0 Å². The van der Waals surface area contributed by atoms with E-state index in [2.05, 4.69) is 31.2 Å².